The lowest BCUT2D eigenvalue weighted by molar-refractivity contribution is -0.231. The fourth-order valence-corrected chi connectivity index (χ4v) is 5.26. The molecule has 1 amide bonds. The lowest BCUT2D eigenvalue weighted by atomic mass is 9.92. The molecule has 2 aromatic heterocycles. The molecule has 2 fully saturated rings. The molecule has 0 spiro atoms. The Balaban J connectivity index is 1.20. The number of nitrogens with zero attached hydrogens (tertiary/aromatic N) is 3. The van der Waals surface area contributed by atoms with Crippen molar-refractivity contribution in [3.05, 3.63) is 84.1 Å². The monoisotopic (exact) mass is 571 g/mol. The number of aromatic nitrogens is 4. The highest BCUT2D eigenvalue weighted by Gasteiger charge is 2.35. The molecule has 2 aromatic carbocycles. The Hall–Kier alpha value is -4.15. The molecule has 1 saturated carbocycles. The van der Waals surface area contributed by atoms with Gasteiger partial charge in [0.05, 0.1) is 30.3 Å². The van der Waals surface area contributed by atoms with Gasteiger partial charge in [-0.15, -0.1) is 0 Å². The zero-order valence-corrected chi connectivity index (χ0v) is 23.5. The average molecular weight is 572 g/mol. The molecule has 10 heteroatoms. The molecule has 6 rings (SSSR count). The van der Waals surface area contributed by atoms with E-state index in [1.165, 1.54) is 18.6 Å². The molecule has 1 saturated heterocycles. The van der Waals surface area contributed by atoms with Gasteiger partial charge in [0.2, 0.25) is 6.29 Å². The van der Waals surface area contributed by atoms with E-state index in [1.54, 1.807) is 36.5 Å². The molecule has 2 N–H and O–H groups in total. The topological polar surface area (TPSA) is 111 Å². The number of carbonyl (C=O) groups is 1. The number of nitrogens with one attached hydrogen (secondary N) is 2. The van der Waals surface area contributed by atoms with Gasteiger partial charge in [-0.05, 0) is 68.1 Å². The SMILES string of the molecule is CC1(CNC(=O)c2ccccc2)COC(c2nc(-c3ccc(F)cc3)c(-c3ccnc(OC4CCCCC4)n3)[nH]2)OC1. The van der Waals surface area contributed by atoms with Crippen LogP contribution < -0.4 is 10.1 Å². The highest BCUT2D eigenvalue weighted by molar-refractivity contribution is 5.94. The molecule has 0 radical (unpaired) electrons. The Morgan fingerprint density at radius 3 is 2.50 bits per heavy atom. The maximum absolute atomic E-state index is 13.7. The van der Waals surface area contributed by atoms with Crippen molar-refractivity contribution in [2.45, 2.75) is 51.4 Å². The van der Waals surface area contributed by atoms with Crippen molar-refractivity contribution < 1.29 is 23.4 Å². The second-order valence-corrected chi connectivity index (χ2v) is 11.3. The van der Waals surface area contributed by atoms with Crippen LogP contribution in [0.3, 0.4) is 0 Å². The molecule has 3 heterocycles. The minimum Gasteiger partial charge on any atom is -0.460 e. The van der Waals surface area contributed by atoms with E-state index in [1.807, 2.05) is 25.1 Å². The first-order valence-electron chi connectivity index (χ1n) is 14.4. The second kappa shape index (κ2) is 12.4. The van der Waals surface area contributed by atoms with Crippen molar-refractivity contribution in [2.75, 3.05) is 19.8 Å². The predicted molar refractivity (Wildman–Crippen MR) is 154 cm³/mol. The molecule has 218 valence electrons. The molecule has 1 aliphatic heterocycles. The third-order valence-electron chi connectivity index (χ3n) is 7.65. The van der Waals surface area contributed by atoms with Crippen molar-refractivity contribution in [1.29, 1.82) is 0 Å². The number of amides is 1. The number of halogens is 1. The minimum atomic E-state index is -0.754. The largest absolute Gasteiger partial charge is 0.460 e. The van der Waals surface area contributed by atoms with Gasteiger partial charge in [0.25, 0.3) is 5.91 Å². The smallest absolute Gasteiger partial charge is 0.317 e. The van der Waals surface area contributed by atoms with Crippen LogP contribution in [0.1, 0.15) is 61.5 Å². The van der Waals surface area contributed by atoms with E-state index < -0.39 is 11.7 Å². The molecular weight excluding hydrogens is 537 g/mol. The van der Waals surface area contributed by atoms with E-state index in [4.69, 9.17) is 19.2 Å². The van der Waals surface area contributed by atoms with Crippen LogP contribution >= 0.6 is 0 Å². The molecule has 9 nitrogen and oxygen atoms in total. The van der Waals surface area contributed by atoms with Gasteiger partial charge in [0, 0.05) is 29.3 Å². The lowest BCUT2D eigenvalue weighted by Gasteiger charge is -2.36. The summed E-state index contributed by atoms with van der Waals surface area (Å²) in [5.74, 6) is -0.0119. The van der Waals surface area contributed by atoms with Gasteiger partial charge in [0.1, 0.15) is 11.9 Å². The minimum absolute atomic E-state index is 0.110. The van der Waals surface area contributed by atoms with Gasteiger partial charge in [0.15, 0.2) is 5.82 Å². The molecule has 2 aliphatic rings. The number of ether oxygens (including phenoxy) is 3. The summed E-state index contributed by atoms with van der Waals surface area (Å²) in [6.45, 7) is 3.09. The van der Waals surface area contributed by atoms with Crippen LogP contribution in [0.25, 0.3) is 22.6 Å². The second-order valence-electron chi connectivity index (χ2n) is 11.3. The first-order valence-corrected chi connectivity index (χ1v) is 14.4. The van der Waals surface area contributed by atoms with Crippen molar-refractivity contribution >= 4 is 5.91 Å². The summed E-state index contributed by atoms with van der Waals surface area (Å²) in [5.41, 5.74) is 2.70. The van der Waals surface area contributed by atoms with E-state index in [-0.39, 0.29) is 17.8 Å². The summed E-state index contributed by atoms with van der Waals surface area (Å²) in [7, 11) is 0. The van der Waals surface area contributed by atoms with Crippen LogP contribution in [-0.4, -0.2) is 51.7 Å². The van der Waals surface area contributed by atoms with Gasteiger partial charge in [-0.2, -0.15) is 4.98 Å². The molecule has 42 heavy (non-hydrogen) atoms. The summed E-state index contributed by atoms with van der Waals surface area (Å²) < 4.78 is 32.1. The van der Waals surface area contributed by atoms with Gasteiger partial charge < -0.3 is 24.5 Å². The normalized spacial score (nSPS) is 21.1. The Morgan fingerprint density at radius 2 is 1.76 bits per heavy atom. The molecular formula is C32H34FN5O4. The maximum atomic E-state index is 13.7. The van der Waals surface area contributed by atoms with Crippen LogP contribution in [0.15, 0.2) is 66.9 Å². The van der Waals surface area contributed by atoms with Crippen LogP contribution in [0.4, 0.5) is 4.39 Å². The van der Waals surface area contributed by atoms with Crippen LogP contribution in [-0.2, 0) is 9.47 Å². The quantitative estimate of drug-likeness (QED) is 0.272. The first kappa shape index (κ1) is 28.0. The van der Waals surface area contributed by atoms with Crippen molar-refractivity contribution in [3.63, 3.8) is 0 Å². The summed E-state index contributed by atoms with van der Waals surface area (Å²) in [6.07, 6.45) is 6.52. The Labute approximate surface area is 243 Å². The molecule has 4 aromatic rings. The van der Waals surface area contributed by atoms with Gasteiger partial charge in [-0.3, -0.25) is 4.79 Å². The molecule has 0 bridgehead atoms. The number of rotatable bonds is 8. The van der Waals surface area contributed by atoms with Crippen LogP contribution in [0, 0.1) is 11.2 Å². The average Bonchev–Trinajstić information content (AvgIpc) is 3.47. The standard InChI is InChI=1S/C32H34FN5O4/c1-32(18-35-29(39)22-8-4-2-5-9-22)19-40-30(41-20-32)28-37-26(21-12-14-23(33)15-13-21)27(38-28)25-16-17-34-31(36-25)42-24-10-6-3-7-11-24/h2,4-5,8-9,12-17,24,30H,3,6-7,10-11,18-20H2,1H3,(H,35,39)(H,37,38). The number of hydrogen-bond donors (Lipinski definition) is 2. The van der Waals surface area contributed by atoms with Crippen molar-refractivity contribution in [1.82, 2.24) is 25.3 Å². The summed E-state index contributed by atoms with van der Waals surface area (Å²) in [4.78, 5) is 29.7. The Bertz CT molecular complexity index is 1500. The number of carbonyl (C=O) groups excluding carboxylic acids is 1. The molecule has 0 unspecified atom stereocenters. The van der Waals surface area contributed by atoms with E-state index in [9.17, 15) is 9.18 Å². The van der Waals surface area contributed by atoms with E-state index in [0.717, 1.165) is 25.7 Å². The molecule has 1 aliphatic carbocycles. The van der Waals surface area contributed by atoms with Crippen LogP contribution in [0.2, 0.25) is 0 Å². The summed E-state index contributed by atoms with van der Waals surface area (Å²) >= 11 is 0. The highest BCUT2D eigenvalue weighted by atomic mass is 19.1. The van der Waals surface area contributed by atoms with E-state index in [0.29, 0.717) is 59.8 Å². The van der Waals surface area contributed by atoms with Crippen molar-refractivity contribution in [2.24, 2.45) is 5.41 Å². The Kier molecular flexibility index (Phi) is 8.25. The number of benzene rings is 2. The third-order valence-corrected chi connectivity index (χ3v) is 7.65. The first-order chi connectivity index (χ1) is 20.5. The van der Waals surface area contributed by atoms with E-state index in [2.05, 4.69) is 20.3 Å². The fraction of sp³-hybridized carbons (Fsp3) is 0.375. The maximum Gasteiger partial charge on any atom is 0.317 e. The Morgan fingerprint density at radius 1 is 1.02 bits per heavy atom. The van der Waals surface area contributed by atoms with Gasteiger partial charge in [-0.25, -0.2) is 14.4 Å². The highest BCUT2D eigenvalue weighted by Crippen LogP contribution is 2.35. The van der Waals surface area contributed by atoms with Gasteiger partial charge in [-0.1, -0.05) is 31.5 Å². The zero-order valence-electron chi connectivity index (χ0n) is 23.5. The predicted octanol–water partition coefficient (Wildman–Crippen LogP) is 5.87. The lowest BCUT2D eigenvalue weighted by Crippen LogP contribution is -2.45. The number of hydrogen-bond acceptors (Lipinski definition) is 7. The molecule has 0 atom stereocenters. The van der Waals surface area contributed by atoms with E-state index >= 15 is 0 Å². The summed E-state index contributed by atoms with van der Waals surface area (Å²) in [5, 5.41) is 2.98. The zero-order chi connectivity index (χ0) is 28.9. The van der Waals surface area contributed by atoms with Gasteiger partial charge >= 0.3 is 6.01 Å². The summed E-state index contributed by atoms with van der Waals surface area (Å²) in [6, 6.07) is 17.3. The fourth-order valence-electron chi connectivity index (χ4n) is 5.26. The third kappa shape index (κ3) is 6.50. The number of aromatic amines is 1. The van der Waals surface area contributed by atoms with Crippen molar-refractivity contribution in [3.8, 4) is 28.7 Å². The van der Waals surface area contributed by atoms with Crippen LogP contribution in [0.5, 0.6) is 6.01 Å². The number of H-pyrrole nitrogens is 1. The number of imidazole rings is 1.